The van der Waals surface area contributed by atoms with Gasteiger partial charge in [-0.25, -0.2) is 8.42 Å². The average molecular weight is 484 g/mol. The smallest absolute Gasteiger partial charge is 0.262 e. The maximum absolute atomic E-state index is 13.3. The lowest BCUT2D eigenvalue weighted by atomic mass is 10.0. The Hall–Kier alpha value is -1.94. The summed E-state index contributed by atoms with van der Waals surface area (Å²) in [7, 11) is -3.78. The van der Waals surface area contributed by atoms with Crippen LogP contribution in [0, 0.1) is 0 Å². The molecule has 2 unspecified atom stereocenters. The number of piperidine rings is 1. The van der Waals surface area contributed by atoms with Crippen molar-refractivity contribution in [3.63, 3.8) is 0 Å². The van der Waals surface area contributed by atoms with Crippen molar-refractivity contribution in [2.75, 3.05) is 13.1 Å². The third-order valence-corrected chi connectivity index (χ3v) is 8.86. The van der Waals surface area contributed by atoms with Crippen LogP contribution in [-0.2, 0) is 10.0 Å². The Labute approximate surface area is 191 Å². The second kappa shape index (κ2) is 10.1. The molecule has 0 bridgehead atoms. The molecule has 3 rings (SSSR count). The van der Waals surface area contributed by atoms with E-state index in [2.05, 4.69) is 10.6 Å². The molecule has 1 saturated heterocycles. The molecule has 1 aromatic carbocycles. The van der Waals surface area contributed by atoms with Crippen molar-refractivity contribution in [3.8, 4) is 0 Å². The summed E-state index contributed by atoms with van der Waals surface area (Å²) < 4.78 is 28.1. The van der Waals surface area contributed by atoms with Crippen molar-refractivity contribution >= 4 is 44.8 Å². The number of thiophene rings is 1. The first-order valence-corrected chi connectivity index (χ1v) is 12.8. The number of carbonyl (C=O) groups excluding carboxylic acids is 2. The third-order valence-electron chi connectivity index (χ3n) is 5.32. The van der Waals surface area contributed by atoms with Gasteiger partial charge in [-0.15, -0.1) is 11.3 Å². The van der Waals surface area contributed by atoms with E-state index >= 15 is 0 Å². The summed E-state index contributed by atoms with van der Waals surface area (Å²) >= 11 is 7.10. The zero-order chi connectivity index (χ0) is 22.6. The quantitative estimate of drug-likeness (QED) is 0.589. The normalized spacial score (nSPS) is 19.7. The summed E-state index contributed by atoms with van der Waals surface area (Å²) in [6.07, 6.45) is 2.60. The van der Waals surface area contributed by atoms with E-state index in [1.807, 2.05) is 13.8 Å². The first kappa shape index (κ1) is 23.7. The van der Waals surface area contributed by atoms with E-state index in [4.69, 9.17) is 11.6 Å². The fourth-order valence-corrected chi connectivity index (χ4v) is 7.25. The van der Waals surface area contributed by atoms with Crippen LogP contribution in [0.1, 0.15) is 53.1 Å². The fraction of sp³-hybridized carbons (Fsp3) is 0.429. The largest absolute Gasteiger partial charge is 0.350 e. The number of hydrogen-bond acceptors (Lipinski definition) is 5. The molecule has 1 aromatic heterocycles. The van der Waals surface area contributed by atoms with Crippen molar-refractivity contribution in [2.45, 2.75) is 50.1 Å². The number of rotatable bonds is 7. The molecular formula is C21H26ClN3O4S2. The van der Waals surface area contributed by atoms with Crippen LogP contribution in [0.25, 0.3) is 0 Å². The summed E-state index contributed by atoms with van der Waals surface area (Å²) in [6, 6.07) is 7.96. The van der Waals surface area contributed by atoms with Crippen LogP contribution in [0.15, 0.2) is 40.6 Å². The molecule has 7 nitrogen and oxygen atoms in total. The van der Waals surface area contributed by atoms with Gasteiger partial charge in [-0.1, -0.05) is 30.2 Å². The van der Waals surface area contributed by atoms with Gasteiger partial charge in [-0.3, -0.25) is 9.59 Å². The minimum absolute atomic E-state index is 0.0377. The molecule has 2 aromatic rings. The number of nitrogens with one attached hydrogen (secondary N) is 2. The maximum Gasteiger partial charge on any atom is 0.262 e. The van der Waals surface area contributed by atoms with Gasteiger partial charge in [-0.2, -0.15) is 4.31 Å². The Morgan fingerprint density at radius 1 is 1.06 bits per heavy atom. The van der Waals surface area contributed by atoms with Gasteiger partial charge >= 0.3 is 0 Å². The van der Waals surface area contributed by atoms with E-state index in [-0.39, 0.29) is 40.9 Å². The molecule has 2 amide bonds. The molecule has 0 radical (unpaired) electrons. The van der Waals surface area contributed by atoms with E-state index in [0.29, 0.717) is 10.6 Å². The van der Waals surface area contributed by atoms with Gasteiger partial charge in [0.15, 0.2) is 0 Å². The molecule has 1 fully saturated rings. The van der Waals surface area contributed by atoms with Crippen LogP contribution in [0.3, 0.4) is 0 Å². The lowest BCUT2D eigenvalue weighted by Crippen LogP contribution is -2.47. The van der Waals surface area contributed by atoms with Crippen molar-refractivity contribution in [1.29, 1.82) is 0 Å². The molecule has 0 saturated carbocycles. The van der Waals surface area contributed by atoms with Crippen LogP contribution in [0.5, 0.6) is 0 Å². The molecule has 2 atom stereocenters. The number of benzene rings is 1. The lowest BCUT2D eigenvalue weighted by molar-refractivity contribution is 0.0928. The SMILES string of the molecule is CC1CCCC(C)N1S(=O)(=O)c1ccsc1C(=O)NCCNC(=O)c1ccccc1Cl. The highest BCUT2D eigenvalue weighted by atomic mass is 35.5. The van der Waals surface area contributed by atoms with Crippen LogP contribution >= 0.6 is 22.9 Å². The molecule has 10 heteroatoms. The van der Waals surface area contributed by atoms with Crippen LogP contribution in [0.4, 0.5) is 0 Å². The number of hydrogen-bond donors (Lipinski definition) is 2. The maximum atomic E-state index is 13.3. The van der Waals surface area contributed by atoms with Crippen molar-refractivity contribution < 1.29 is 18.0 Å². The summed E-state index contributed by atoms with van der Waals surface area (Å²) in [4.78, 5) is 25.0. The number of nitrogens with zero attached hydrogens (tertiary/aromatic N) is 1. The highest BCUT2D eigenvalue weighted by Gasteiger charge is 2.38. The Bertz CT molecular complexity index is 1040. The van der Waals surface area contributed by atoms with E-state index in [1.54, 1.807) is 29.6 Å². The number of amides is 2. The highest BCUT2D eigenvalue weighted by molar-refractivity contribution is 7.89. The molecule has 2 heterocycles. The van der Waals surface area contributed by atoms with Gasteiger partial charge in [0, 0.05) is 25.2 Å². The van der Waals surface area contributed by atoms with E-state index in [0.717, 1.165) is 30.6 Å². The summed E-state index contributed by atoms with van der Waals surface area (Å²) in [5.74, 6) is -0.815. The fourth-order valence-electron chi connectivity index (χ4n) is 3.82. The Kier molecular flexibility index (Phi) is 7.74. The third kappa shape index (κ3) is 5.28. The molecular weight excluding hydrogens is 458 g/mol. The summed E-state index contributed by atoms with van der Waals surface area (Å²) in [6.45, 7) is 4.15. The second-order valence-electron chi connectivity index (χ2n) is 7.57. The van der Waals surface area contributed by atoms with Crippen LogP contribution in [0.2, 0.25) is 5.02 Å². The van der Waals surface area contributed by atoms with E-state index in [1.165, 1.54) is 10.4 Å². The average Bonchev–Trinajstić information content (AvgIpc) is 3.22. The first-order chi connectivity index (χ1) is 14.7. The standard InChI is InChI=1S/C21H26ClN3O4S2/c1-14-6-5-7-15(2)25(14)31(28,29)18-10-13-30-19(18)21(27)24-12-11-23-20(26)16-8-3-4-9-17(16)22/h3-4,8-10,13-15H,5-7,11-12H2,1-2H3,(H,23,26)(H,24,27). The summed E-state index contributed by atoms with van der Waals surface area (Å²) in [5, 5.41) is 7.33. The predicted molar refractivity (Wildman–Crippen MR) is 122 cm³/mol. The molecule has 0 spiro atoms. The van der Waals surface area contributed by atoms with Gasteiger partial charge in [-0.05, 0) is 50.3 Å². The molecule has 31 heavy (non-hydrogen) atoms. The molecule has 168 valence electrons. The van der Waals surface area contributed by atoms with Crippen molar-refractivity contribution in [2.24, 2.45) is 0 Å². The molecule has 1 aliphatic rings. The summed E-state index contributed by atoms with van der Waals surface area (Å²) in [5.41, 5.74) is 0.354. The minimum atomic E-state index is -3.78. The van der Waals surface area contributed by atoms with Crippen molar-refractivity contribution in [3.05, 3.63) is 51.2 Å². The highest BCUT2D eigenvalue weighted by Crippen LogP contribution is 2.32. The van der Waals surface area contributed by atoms with Crippen LogP contribution < -0.4 is 10.6 Å². The molecule has 1 aliphatic heterocycles. The van der Waals surface area contributed by atoms with Crippen molar-refractivity contribution in [1.82, 2.24) is 14.9 Å². The lowest BCUT2D eigenvalue weighted by Gasteiger charge is -2.37. The zero-order valence-electron chi connectivity index (χ0n) is 17.4. The number of halogens is 1. The zero-order valence-corrected chi connectivity index (χ0v) is 19.8. The van der Waals surface area contributed by atoms with Gasteiger partial charge in [0.1, 0.15) is 9.77 Å². The first-order valence-electron chi connectivity index (χ1n) is 10.2. The van der Waals surface area contributed by atoms with Gasteiger partial charge in [0.05, 0.1) is 10.6 Å². The number of sulfonamides is 1. The van der Waals surface area contributed by atoms with Crippen LogP contribution in [-0.4, -0.2) is 49.7 Å². The topological polar surface area (TPSA) is 95.6 Å². The minimum Gasteiger partial charge on any atom is -0.350 e. The van der Waals surface area contributed by atoms with E-state index < -0.39 is 15.9 Å². The molecule has 2 N–H and O–H groups in total. The Balaban J connectivity index is 1.62. The van der Waals surface area contributed by atoms with Gasteiger partial charge in [0.2, 0.25) is 10.0 Å². The van der Waals surface area contributed by atoms with Gasteiger partial charge in [0.25, 0.3) is 11.8 Å². The molecule has 0 aliphatic carbocycles. The van der Waals surface area contributed by atoms with Gasteiger partial charge < -0.3 is 10.6 Å². The Morgan fingerprint density at radius 3 is 2.32 bits per heavy atom. The monoisotopic (exact) mass is 483 g/mol. The van der Waals surface area contributed by atoms with E-state index in [9.17, 15) is 18.0 Å². The Morgan fingerprint density at radius 2 is 1.68 bits per heavy atom. The predicted octanol–water partition coefficient (Wildman–Crippen LogP) is 3.51. The second-order valence-corrected chi connectivity index (χ2v) is 10.7. The number of carbonyl (C=O) groups is 2.